The van der Waals surface area contributed by atoms with E-state index in [0.717, 1.165) is 0 Å². The first-order chi connectivity index (χ1) is 10.3. The van der Waals surface area contributed by atoms with Crippen LogP contribution in [0.2, 0.25) is 10.0 Å². The van der Waals surface area contributed by atoms with Crippen LogP contribution in [0.3, 0.4) is 0 Å². The Bertz CT molecular complexity index is 851. The average molecular weight is 342 g/mol. The van der Waals surface area contributed by atoms with Gasteiger partial charge in [-0.25, -0.2) is 14.2 Å². The molecule has 2 rings (SSSR count). The number of nitrogens with two attached hydrogens (primary N) is 2. The number of halogens is 3. The first kappa shape index (κ1) is 15.8. The van der Waals surface area contributed by atoms with Crippen LogP contribution in [0.15, 0.2) is 6.07 Å². The third-order valence-electron chi connectivity index (χ3n) is 2.69. The van der Waals surface area contributed by atoms with Gasteiger partial charge in [0.25, 0.3) is 0 Å². The van der Waals surface area contributed by atoms with Crippen molar-refractivity contribution in [2.24, 2.45) is 0 Å². The quantitative estimate of drug-likeness (QED) is 0.712. The predicted octanol–water partition coefficient (Wildman–Crippen LogP) is 2.32. The second kappa shape index (κ2) is 5.63. The number of hydrogen-bond acceptors (Lipinski definition) is 6. The summed E-state index contributed by atoms with van der Waals surface area (Å²) < 4.78 is 13.9. The van der Waals surface area contributed by atoms with Crippen molar-refractivity contribution in [2.75, 3.05) is 11.5 Å². The zero-order chi connectivity index (χ0) is 16.6. The van der Waals surface area contributed by atoms with Gasteiger partial charge >= 0.3 is 5.97 Å². The molecule has 0 aliphatic carbocycles. The molecule has 112 valence electrons. The Hall–Kier alpha value is -2.63. The lowest BCUT2D eigenvalue weighted by molar-refractivity contribution is 0.0696. The highest BCUT2D eigenvalue weighted by Crippen LogP contribution is 2.40. The van der Waals surface area contributed by atoms with Gasteiger partial charge in [-0.1, -0.05) is 23.2 Å². The lowest BCUT2D eigenvalue weighted by atomic mass is 10.0. The Kier molecular flexibility index (Phi) is 4.03. The molecular weight excluding hydrogens is 336 g/mol. The fourth-order valence-electron chi connectivity index (χ4n) is 1.75. The van der Waals surface area contributed by atoms with E-state index in [1.54, 1.807) is 6.07 Å². The van der Waals surface area contributed by atoms with Crippen LogP contribution in [0.4, 0.5) is 16.2 Å². The van der Waals surface area contributed by atoms with Crippen LogP contribution in [0, 0.1) is 17.1 Å². The van der Waals surface area contributed by atoms with E-state index in [9.17, 15) is 9.18 Å². The van der Waals surface area contributed by atoms with Crippen LogP contribution in [-0.2, 0) is 0 Å². The average Bonchev–Trinajstić information content (AvgIpc) is 2.42. The molecule has 0 saturated carbocycles. The van der Waals surface area contributed by atoms with Crippen LogP contribution in [0.25, 0.3) is 11.3 Å². The van der Waals surface area contributed by atoms with Gasteiger partial charge in [-0.05, 0) is 6.07 Å². The van der Waals surface area contributed by atoms with Crippen LogP contribution >= 0.6 is 23.2 Å². The van der Waals surface area contributed by atoms with E-state index >= 15 is 0 Å². The van der Waals surface area contributed by atoms with E-state index < -0.39 is 27.4 Å². The number of aromatic nitrogens is 2. The van der Waals surface area contributed by atoms with Crippen molar-refractivity contribution in [1.82, 2.24) is 9.97 Å². The topological polar surface area (TPSA) is 139 Å². The summed E-state index contributed by atoms with van der Waals surface area (Å²) in [4.78, 5) is 18.5. The number of carboxylic acids is 1. The summed E-state index contributed by atoms with van der Waals surface area (Å²) in [5.41, 5.74) is 9.67. The molecule has 0 amide bonds. The third-order valence-corrected chi connectivity index (χ3v) is 3.45. The van der Waals surface area contributed by atoms with Crippen molar-refractivity contribution < 1.29 is 14.3 Å². The summed E-state index contributed by atoms with van der Waals surface area (Å²) in [7, 11) is 0. The van der Waals surface area contributed by atoms with E-state index in [-0.39, 0.29) is 28.6 Å². The number of carboxylic acid groups (broad SMARTS) is 1. The lowest BCUT2D eigenvalue weighted by Crippen LogP contribution is -2.07. The van der Waals surface area contributed by atoms with Crippen molar-refractivity contribution in [2.45, 2.75) is 0 Å². The highest BCUT2D eigenvalue weighted by atomic mass is 35.5. The zero-order valence-electron chi connectivity index (χ0n) is 10.6. The van der Waals surface area contributed by atoms with Crippen molar-refractivity contribution in [1.29, 1.82) is 5.26 Å². The molecule has 0 aliphatic rings. The van der Waals surface area contributed by atoms with Crippen LogP contribution in [0.1, 0.15) is 15.9 Å². The van der Waals surface area contributed by atoms with Crippen molar-refractivity contribution >= 4 is 40.9 Å². The van der Waals surface area contributed by atoms with Gasteiger partial charge in [-0.2, -0.15) is 10.2 Å². The molecule has 0 fully saturated rings. The first-order valence-electron chi connectivity index (χ1n) is 5.52. The van der Waals surface area contributed by atoms with Gasteiger partial charge in [0.05, 0.1) is 21.3 Å². The van der Waals surface area contributed by atoms with Crippen molar-refractivity contribution in [3.8, 4) is 17.3 Å². The summed E-state index contributed by atoms with van der Waals surface area (Å²) in [6, 6.07) is 2.38. The molecule has 0 bridgehead atoms. The van der Waals surface area contributed by atoms with E-state index in [1.165, 1.54) is 0 Å². The molecule has 1 aromatic carbocycles. The Morgan fingerprint density at radius 3 is 2.50 bits per heavy atom. The smallest absolute Gasteiger partial charge is 0.337 e. The second-order valence-corrected chi connectivity index (χ2v) is 4.77. The van der Waals surface area contributed by atoms with Gasteiger partial charge in [0.15, 0.2) is 0 Å². The number of nitrogen functional groups attached to an aromatic ring is 2. The molecule has 0 aliphatic heterocycles. The lowest BCUT2D eigenvalue weighted by Gasteiger charge is -2.12. The summed E-state index contributed by atoms with van der Waals surface area (Å²) in [5.74, 6) is -3.09. The largest absolute Gasteiger partial charge is 0.478 e. The van der Waals surface area contributed by atoms with Gasteiger partial charge < -0.3 is 16.6 Å². The molecule has 22 heavy (non-hydrogen) atoms. The number of nitrogens with zero attached hydrogens (tertiary/aromatic N) is 3. The maximum absolute atomic E-state index is 13.9. The minimum absolute atomic E-state index is 0.246. The molecule has 0 atom stereocenters. The Morgan fingerprint density at radius 1 is 1.32 bits per heavy atom. The number of anilines is 2. The van der Waals surface area contributed by atoms with Gasteiger partial charge in [0.1, 0.15) is 23.3 Å². The first-order valence-corrected chi connectivity index (χ1v) is 6.27. The molecular formula is C12H6Cl2FN5O2. The standard InChI is InChI=1S/C12H6Cl2FN5O2/c13-7-3(11(21)22)1-5(15)8(14)6(7)9-4(2-16)10(17)20-12(18)19-9/h1H,(H,21,22)(H4,17,18,19,20). The van der Waals surface area contributed by atoms with E-state index in [0.29, 0.717) is 6.07 Å². The molecule has 0 saturated heterocycles. The van der Waals surface area contributed by atoms with Gasteiger partial charge in [-0.3, -0.25) is 0 Å². The highest BCUT2D eigenvalue weighted by Gasteiger charge is 2.25. The number of nitriles is 1. The van der Waals surface area contributed by atoms with Gasteiger partial charge in [0, 0.05) is 5.56 Å². The number of carbonyl (C=O) groups is 1. The molecule has 2 aromatic rings. The zero-order valence-corrected chi connectivity index (χ0v) is 12.1. The molecule has 7 nitrogen and oxygen atoms in total. The van der Waals surface area contributed by atoms with E-state index in [4.69, 9.17) is 45.0 Å². The molecule has 0 unspecified atom stereocenters. The number of aromatic carboxylic acids is 1. The fraction of sp³-hybridized carbons (Fsp3) is 0. The SMILES string of the molecule is N#Cc1c(N)nc(N)nc1-c1c(Cl)c(F)cc(C(=O)O)c1Cl. The van der Waals surface area contributed by atoms with Crippen molar-refractivity contribution in [3.63, 3.8) is 0 Å². The predicted molar refractivity (Wildman–Crippen MR) is 77.9 cm³/mol. The second-order valence-electron chi connectivity index (χ2n) is 4.02. The molecule has 1 aromatic heterocycles. The van der Waals surface area contributed by atoms with Crippen LogP contribution in [-0.4, -0.2) is 21.0 Å². The fourth-order valence-corrected chi connectivity index (χ4v) is 2.36. The van der Waals surface area contributed by atoms with Crippen LogP contribution in [0.5, 0.6) is 0 Å². The minimum Gasteiger partial charge on any atom is -0.478 e. The normalized spacial score (nSPS) is 10.3. The molecule has 10 heteroatoms. The Labute approximate surface area is 132 Å². The molecule has 0 spiro atoms. The molecule has 5 N–H and O–H groups in total. The van der Waals surface area contributed by atoms with E-state index in [1.807, 2.05) is 0 Å². The minimum atomic E-state index is -1.48. The van der Waals surface area contributed by atoms with Crippen molar-refractivity contribution in [3.05, 3.63) is 33.1 Å². The number of benzene rings is 1. The highest BCUT2D eigenvalue weighted by molar-refractivity contribution is 6.41. The summed E-state index contributed by atoms with van der Waals surface area (Å²) in [6.45, 7) is 0. The monoisotopic (exact) mass is 341 g/mol. The summed E-state index contributed by atoms with van der Waals surface area (Å²) in [5, 5.41) is 17.3. The molecule has 1 heterocycles. The number of hydrogen-bond donors (Lipinski definition) is 3. The Balaban J connectivity index is 2.96. The maximum atomic E-state index is 13.9. The summed E-state index contributed by atoms with van der Waals surface area (Å²) in [6.07, 6.45) is 0. The number of rotatable bonds is 2. The Morgan fingerprint density at radius 2 is 1.95 bits per heavy atom. The van der Waals surface area contributed by atoms with E-state index in [2.05, 4.69) is 9.97 Å². The summed E-state index contributed by atoms with van der Waals surface area (Å²) >= 11 is 11.8. The van der Waals surface area contributed by atoms with Gasteiger partial charge in [-0.15, -0.1) is 0 Å². The molecule has 0 radical (unpaired) electrons. The maximum Gasteiger partial charge on any atom is 0.337 e. The van der Waals surface area contributed by atoms with Gasteiger partial charge in [0.2, 0.25) is 5.95 Å². The third kappa shape index (κ3) is 2.47. The van der Waals surface area contributed by atoms with Crippen LogP contribution < -0.4 is 11.5 Å².